The van der Waals surface area contributed by atoms with Gasteiger partial charge in [0.25, 0.3) is 0 Å². The van der Waals surface area contributed by atoms with Crippen molar-refractivity contribution in [2.75, 3.05) is 0 Å². The van der Waals surface area contributed by atoms with E-state index in [0.29, 0.717) is 17.1 Å². The summed E-state index contributed by atoms with van der Waals surface area (Å²) in [6, 6.07) is 2.92. The molecule has 0 radical (unpaired) electrons. The summed E-state index contributed by atoms with van der Waals surface area (Å²) in [4.78, 5) is 7.86. The highest BCUT2D eigenvalue weighted by Crippen LogP contribution is 2.32. The lowest BCUT2D eigenvalue weighted by molar-refractivity contribution is -0.140. The molecule has 120 valence electrons. The van der Waals surface area contributed by atoms with Crippen LogP contribution in [-0.4, -0.2) is 15.1 Å². The van der Waals surface area contributed by atoms with Gasteiger partial charge in [0, 0.05) is 17.6 Å². The molecule has 2 aromatic heterocycles. The van der Waals surface area contributed by atoms with Crippen molar-refractivity contribution in [3.8, 4) is 5.75 Å². The second-order valence-corrected chi connectivity index (χ2v) is 5.72. The quantitative estimate of drug-likeness (QED) is 0.875. The maximum absolute atomic E-state index is 12.6. The molecule has 0 saturated heterocycles. The molecular weight excluding hydrogens is 315 g/mol. The first kappa shape index (κ1) is 16.7. The number of halogens is 3. The van der Waals surface area contributed by atoms with Crippen molar-refractivity contribution >= 4 is 11.3 Å². The molecule has 0 aliphatic rings. The maximum atomic E-state index is 12.6. The van der Waals surface area contributed by atoms with Gasteiger partial charge in [0.05, 0.1) is 11.7 Å². The largest absolute Gasteiger partial charge is 0.506 e. The van der Waals surface area contributed by atoms with Gasteiger partial charge in [0.1, 0.15) is 10.8 Å². The average Bonchev–Trinajstić information content (AvgIpc) is 2.93. The smallest absolute Gasteiger partial charge is 0.434 e. The van der Waals surface area contributed by atoms with Crippen molar-refractivity contribution in [2.24, 2.45) is 0 Å². The van der Waals surface area contributed by atoms with E-state index in [1.54, 1.807) is 19.1 Å². The van der Waals surface area contributed by atoms with E-state index in [0.717, 1.165) is 22.4 Å². The summed E-state index contributed by atoms with van der Waals surface area (Å²) in [5, 5.41) is 14.2. The minimum Gasteiger partial charge on any atom is -0.506 e. The van der Waals surface area contributed by atoms with E-state index in [4.69, 9.17) is 0 Å². The number of rotatable bonds is 5. The van der Waals surface area contributed by atoms with Crippen molar-refractivity contribution in [1.29, 1.82) is 0 Å². The monoisotopic (exact) mass is 331 g/mol. The van der Waals surface area contributed by atoms with E-state index in [2.05, 4.69) is 15.3 Å². The molecule has 22 heavy (non-hydrogen) atoms. The van der Waals surface area contributed by atoms with Gasteiger partial charge in [-0.1, -0.05) is 6.92 Å². The van der Waals surface area contributed by atoms with E-state index in [-0.39, 0.29) is 18.3 Å². The van der Waals surface area contributed by atoms with Crippen molar-refractivity contribution < 1.29 is 18.3 Å². The van der Waals surface area contributed by atoms with Crippen LogP contribution in [0.15, 0.2) is 17.5 Å². The van der Waals surface area contributed by atoms with Gasteiger partial charge in [-0.25, -0.2) is 4.98 Å². The predicted molar refractivity (Wildman–Crippen MR) is 77.6 cm³/mol. The fraction of sp³-hybridized carbons (Fsp3) is 0.429. The molecule has 0 bridgehead atoms. The predicted octanol–water partition coefficient (Wildman–Crippen LogP) is 3.81. The molecule has 2 N–H and O–H groups in total. The third-order valence-corrected chi connectivity index (χ3v) is 4.08. The van der Waals surface area contributed by atoms with E-state index in [1.807, 2.05) is 6.92 Å². The lowest BCUT2D eigenvalue weighted by atomic mass is 10.2. The van der Waals surface area contributed by atoms with Crippen LogP contribution in [0.3, 0.4) is 0 Å². The van der Waals surface area contributed by atoms with Crippen molar-refractivity contribution in [3.05, 3.63) is 39.6 Å². The van der Waals surface area contributed by atoms with Crippen molar-refractivity contribution in [3.63, 3.8) is 0 Å². The fourth-order valence-electron chi connectivity index (χ4n) is 1.94. The van der Waals surface area contributed by atoms with Crippen molar-refractivity contribution in [1.82, 2.24) is 15.3 Å². The number of thiazole rings is 1. The molecule has 0 fully saturated rings. The zero-order chi connectivity index (χ0) is 16.3. The maximum Gasteiger partial charge on any atom is 0.434 e. The number of aromatic nitrogens is 2. The first-order chi connectivity index (χ1) is 10.3. The first-order valence-corrected chi connectivity index (χ1v) is 7.60. The van der Waals surface area contributed by atoms with E-state index in [1.165, 1.54) is 0 Å². The van der Waals surface area contributed by atoms with Gasteiger partial charge in [0.15, 0.2) is 5.69 Å². The standard InChI is InChI=1S/C14H16F3N3OS/c1-3-9(13-20-12(7-22-13)14(15,16)17)18-6-10-11(21)5-4-8(2)19-10/h4-5,7,9,18,21H,3,6H2,1-2H3/t9-/m1/s1. The lowest BCUT2D eigenvalue weighted by Gasteiger charge is -2.15. The Labute approximate surface area is 130 Å². The van der Waals surface area contributed by atoms with Crippen LogP contribution in [0, 0.1) is 6.92 Å². The Morgan fingerprint density at radius 3 is 2.64 bits per heavy atom. The normalized spacial score (nSPS) is 13.3. The van der Waals surface area contributed by atoms with Gasteiger partial charge in [0.2, 0.25) is 0 Å². The molecule has 0 amide bonds. The van der Waals surface area contributed by atoms with Gasteiger partial charge < -0.3 is 10.4 Å². The Kier molecular flexibility index (Phi) is 5.02. The Morgan fingerprint density at radius 2 is 2.05 bits per heavy atom. The van der Waals surface area contributed by atoms with E-state index >= 15 is 0 Å². The number of hydrogen-bond acceptors (Lipinski definition) is 5. The van der Waals surface area contributed by atoms with Crippen molar-refractivity contribution in [2.45, 2.75) is 39.0 Å². The summed E-state index contributed by atoms with van der Waals surface area (Å²) >= 11 is 0.975. The van der Waals surface area contributed by atoms with E-state index < -0.39 is 11.9 Å². The fourth-order valence-corrected chi connectivity index (χ4v) is 2.92. The SMILES string of the molecule is CC[C@@H](NCc1nc(C)ccc1O)c1nc(C(F)(F)F)cs1. The van der Waals surface area contributed by atoms with Gasteiger partial charge in [-0.2, -0.15) is 13.2 Å². The Morgan fingerprint density at radius 1 is 1.32 bits per heavy atom. The first-order valence-electron chi connectivity index (χ1n) is 6.72. The number of hydrogen-bond donors (Lipinski definition) is 2. The van der Waals surface area contributed by atoms with Crippen LogP contribution in [0.2, 0.25) is 0 Å². The molecule has 8 heteroatoms. The lowest BCUT2D eigenvalue weighted by Crippen LogP contribution is -2.21. The third-order valence-electron chi connectivity index (χ3n) is 3.12. The van der Waals surface area contributed by atoms with Crippen LogP contribution in [0.4, 0.5) is 13.2 Å². The second kappa shape index (κ2) is 6.62. The van der Waals surface area contributed by atoms with Gasteiger partial charge in [-0.15, -0.1) is 11.3 Å². The second-order valence-electron chi connectivity index (χ2n) is 4.83. The molecular formula is C14H16F3N3OS. The third kappa shape index (κ3) is 3.95. The molecule has 2 rings (SSSR count). The summed E-state index contributed by atoms with van der Waals surface area (Å²) in [6.45, 7) is 3.92. The summed E-state index contributed by atoms with van der Waals surface area (Å²) in [7, 11) is 0. The molecule has 0 aliphatic carbocycles. The molecule has 0 saturated carbocycles. The number of alkyl halides is 3. The van der Waals surface area contributed by atoms with Crippen LogP contribution in [0.25, 0.3) is 0 Å². The Balaban J connectivity index is 2.09. The highest BCUT2D eigenvalue weighted by atomic mass is 32.1. The zero-order valence-corrected chi connectivity index (χ0v) is 12.9. The van der Waals surface area contributed by atoms with Crippen LogP contribution in [0.1, 0.15) is 41.5 Å². The molecule has 2 heterocycles. The van der Waals surface area contributed by atoms with Gasteiger partial charge >= 0.3 is 6.18 Å². The number of aromatic hydroxyl groups is 1. The molecule has 1 atom stereocenters. The number of nitrogens with one attached hydrogen (secondary N) is 1. The summed E-state index contributed by atoms with van der Waals surface area (Å²) in [5.41, 5.74) is 0.353. The minimum atomic E-state index is -4.43. The molecule has 0 unspecified atom stereocenters. The molecule has 0 aromatic carbocycles. The Bertz CT molecular complexity index is 643. The molecule has 0 spiro atoms. The molecule has 4 nitrogen and oxygen atoms in total. The molecule has 0 aliphatic heterocycles. The minimum absolute atomic E-state index is 0.0584. The summed E-state index contributed by atoms with van der Waals surface area (Å²) in [6.07, 6.45) is -3.85. The highest BCUT2D eigenvalue weighted by Gasteiger charge is 2.34. The van der Waals surface area contributed by atoms with Crippen LogP contribution in [0.5, 0.6) is 5.75 Å². The Hall–Kier alpha value is -1.67. The van der Waals surface area contributed by atoms with Crippen LogP contribution in [-0.2, 0) is 12.7 Å². The highest BCUT2D eigenvalue weighted by molar-refractivity contribution is 7.09. The van der Waals surface area contributed by atoms with Gasteiger partial charge in [-0.3, -0.25) is 4.98 Å². The number of nitrogens with zero attached hydrogens (tertiary/aromatic N) is 2. The van der Waals surface area contributed by atoms with Gasteiger partial charge in [-0.05, 0) is 25.5 Å². The van der Waals surface area contributed by atoms with Crippen LogP contribution < -0.4 is 5.32 Å². The topological polar surface area (TPSA) is 58.0 Å². The number of aryl methyl sites for hydroxylation is 1. The summed E-state index contributed by atoms with van der Waals surface area (Å²) < 4.78 is 37.8. The van der Waals surface area contributed by atoms with Crippen LogP contribution >= 0.6 is 11.3 Å². The molecule has 2 aromatic rings. The number of pyridine rings is 1. The zero-order valence-electron chi connectivity index (χ0n) is 12.1. The summed E-state index contributed by atoms with van der Waals surface area (Å²) in [5.74, 6) is 0.0584. The van der Waals surface area contributed by atoms with E-state index in [9.17, 15) is 18.3 Å². The average molecular weight is 331 g/mol.